The van der Waals surface area contributed by atoms with Crippen LogP contribution in [0.5, 0.6) is 0 Å². The van der Waals surface area contributed by atoms with Crippen molar-refractivity contribution in [2.45, 2.75) is 25.7 Å². The molecule has 0 aromatic rings. The Morgan fingerprint density at radius 3 is 2.90 bits per heavy atom. The van der Waals surface area contributed by atoms with Gasteiger partial charge in [-0.15, -0.1) is 0 Å². The standard InChI is InChI=1S/C15H29N3O2/c1-20-11-10-17-6-3-7-18(9-8-17)15(19)12-14-4-2-5-16-13-14/h14,16H,2-13H2,1H3. The first-order valence-electron chi connectivity index (χ1n) is 7.99. The van der Waals surface area contributed by atoms with Crippen molar-refractivity contribution in [2.75, 3.05) is 59.5 Å². The molecule has 0 bridgehead atoms. The van der Waals surface area contributed by atoms with Crippen LogP contribution in [0.1, 0.15) is 25.7 Å². The Hall–Kier alpha value is -0.650. The van der Waals surface area contributed by atoms with E-state index in [1.54, 1.807) is 7.11 Å². The van der Waals surface area contributed by atoms with E-state index in [4.69, 9.17) is 4.74 Å². The molecule has 1 amide bonds. The molecular weight excluding hydrogens is 254 g/mol. The number of methoxy groups -OCH3 is 1. The maximum atomic E-state index is 12.4. The molecule has 1 N–H and O–H groups in total. The molecule has 2 rings (SSSR count). The highest BCUT2D eigenvalue weighted by Gasteiger charge is 2.22. The molecule has 2 aliphatic heterocycles. The minimum Gasteiger partial charge on any atom is -0.383 e. The van der Waals surface area contributed by atoms with Crippen molar-refractivity contribution >= 4 is 5.91 Å². The molecule has 2 aliphatic rings. The summed E-state index contributed by atoms with van der Waals surface area (Å²) in [5.41, 5.74) is 0. The number of amides is 1. The maximum absolute atomic E-state index is 12.4. The zero-order valence-corrected chi connectivity index (χ0v) is 12.8. The lowest BCUT2D eigenvalue weighted by Crippen LogP contribution is -2.39. The van der Waals surface area contributed by atoms with Crippen LogP contribution in [0.15, 0.2) is 0 Å². The van der Waals surface area contributed by atoms with E-state index in [2.05, 4.69) is 15.1 Å². The molecule has 5 heteroatoms. The SMILES string of the molecule is COCCN1CCCN(C(=O)CC2CCCNC2)CC1. The second-order valence-corrected chi connectivity index (χ2v) is 5.99. The van der Waals surface area contributed by atoms with Gasteiger partial charge in [-0.25, -0.2) is 0 Å². The average molecular weight is 283 g/mol. The largest absolute Gasteiger partial charge is 0.383 e. The fourth-order valence-corrected chi connectivity index (χ4v) is 3.14. The Bertz CT molecular complexity index is 293. The summed E-state index contributed by atoms with van der Waals surface area (Å²) in [6, 6.07) is 0. The van der Waals surface area contributed by atoms with E-state index in [9.17, 15) is 4.79 Å². The molecule has 5 nitrogen and oxygen atoms in total. The van der Waals surface area contributed by atoms with Gasteiger partial charge in [0.1, 0.15) is 0 Å². The van der Waals surface area contributed by atoms with Crippen LogP contribution in [0.4, 0.5) is 0 Å². The van der Waals surface area contributed by atoms with Crippen molar-refractivity contribution in [3.8, 4) is 0 Å². The molecule has 0 aromatic heterocycles. The van der Waals surface area contributed by atoms with Crippen LogP contribution >= 0.6 is 0 Å². The smallest absolute Gasteiger partial charge is 0.222 e. The molecule has 1 unspecified atom stereocenters. The molecule has 0 saturated carbocycles. The van der Waals surface area contributed by atoms with Gasteiger partial charge in [-0.3, -0.25) is 9.69 Å². The van der Waals surface area contributed by atoms with E-state index in [0.29, 0.717) is 11.8 Å². The maximum Gasteiger partial charge on any atom is 0.222 e. The van der Waals surface area contributed by atoms with Crippen molar-refractivity contribution in [1.29, 1.82) is 0 Å². The highest BCUT2D eigenvalue weighted by molar-refractivity contribution is 5.76. The quantitative estimate of drug-likeness (QED) is 0.801. The van der Waals surface area contributed by atoms with Crippen molar-refractivity contribution in [3.05, 3.63) is 0 Å². The van der Waals surface area contributed by atoms with E-state index in [1.165, 1.54) is 12.8 Å². The molecule has 116 valence electrons. The molecule has 0 aliphatic carbocycles. The lowest BCUT2D eigenvalue weighted by atomic mass is 9.95. The second kappa shape index (κ2) is 8.60. The highest BCUT2D eigenvalue weighted by Crippen LogP contribution is 2.16. The minimum absolute atomic E-state index is 0.354. The van der Waals surface area contributed by atoms with Crippen molar-refractivity contribution in [1.82, 2.24) is 15.1 Å². The third-order valence-corrected chi connectivity index (χ3v) is 4.42. The van der Waals surface area contributed by atoms with Gasteiger partial charge in [0.15, 0.2) is 0 Å². The predicted molar refractivity (Wildman–Crippen MR) is 79.7 cm³/mol. The fraction of sp³-hybridized carbons (Fsp3) is 0.933. The van der Waals surface area contributed by atoms with E-state index in [1.807, 2.05) is 0 Å². The molecule has 0 radical (unpaired) electrons. The molecule has 2 fully saturated rings. The van der Waals surface area contributed by atoms with Crippen LogP contribution in [0.25, 0.3) is 0 Å². The fourth-order valence-electron chi connectivity index (χ4n) is 3.14. The van der Waals surface area contributed by atoms with Gasteiger partial charge in [-0.1, -0.05) is 0 Å². The molecule has 2 heterocycles. The number of hydrogen-bond donors (Lipinski definition) is 1. The number of piperidine rings is 1. The average Bonchev–Trinajstić information content (AvgIpc) is 2.72. The van der Waals surface area contributed by atoms with Crippen LogP contribution in [-0.2, 0) is 9.53 Å². The van der Waals surface area contributed by atoms with E-state index in [-0.39, 0.29) is 0 Å². The zero-order valence-electron chi connectivity index (χ0n) is 12.8. The van der Waals surface area contributed by atoms with Crippen LogP contribution in [-0.4, -0.2) is 75.2 Å². The second-order valence-electron chi connectivity index (χ2n) is 5.99. The summed E-state index contributed by atoms with van der Waals surface area (Å²) in [5, 5.41) is 3.39. The number of carbonyl (C=O) groups excluding carboxylic acids is 1. The third-order valence-electron chi connectivity index (χ3n) is 4.42. The summed E-state index contributed by atoms with van der Waals surface area (Å²) in [6.45, 7) is 7.75. The minimum atomic E-state index is 0.354. The first-order valence-corrected chi connectivity index (χ1v) is 7.99. The van der Waals surface area contributed by atoms with Gasteiger partial charge in [0, 0.05) is 39.7 Å². The predicted octanol–water partition coefficient (Wildman–Crippen LogP) is 0.557. The van der Waals surface area contributed by atoms with Gasteiger partial charge < -0.3 is 15.0 Å². The summed E-state index contributed by atoms with van der Waals surface area (Å²) >= 11 is 0. The Kier molecular flexibility index (Phi) is 6.76. The molecule has 20 heavy (non-hydrogen) atoms. The number of carbonyl (C=O) groups is 1. The first kappa shape index (κ1) is 15.7. The normalized spacial score (nSPS) is 25.4. The molecule has 2 saturated heterocycles. The van der Waals surface area contributed by atoms with E-state index < -0.39 is 0 Å². The van der Waals surface area contributed by atoms with Gasteiger partial charge in [-0.2, -0.15) is 0 Å². The molecular formula is C15H29N3O2. The Balaban J connectivity index is 1.72. The number of hydrogen-bond acceptors (Lipinski definition) is 4. The van der Waals surface area contributed by atoms with E-state index in [0.717, 1.165) is 65.3 Å². The number of rotatable bonds is 5. The zero-order chi connectivity index (χ0) is 14.2. The van der Waals surface area contributed by atoms with Crippen LogP contribution in [0, 0.1) is 5.92 Å². The van der Waals surface area contributed by atoms with Crippen molar-refractivity contribution in [3.63, 3.8) is 0 Å². The van der Waals surface area contributed by atoms with Gasteiger partial charge in [-0.05, 0) is 44.8 Å². The lowest BCUT2D eigenvalue weighted by molar-refractivity contribution is -0.132. The topological polar surface area (TPSA) is 44.8 Å². The Morgan fingerprint density at radius 1 is 1.25 bits per heavy atom. The van der Waals surface area contributed by atoms with Crippen LogP contribution in [0.3, 0.4) is 0 Å². The van der Waals surface area contributed by atoms with Gasteiger partial charge in [0.05, 0.1) is 6.61 Å². The molecule has 1 atom stereocenters. The van der Waals surface area contributed by atoms with Crippen molar-refractivity contribution < 1.29 is 9.53 Å². The van der Waals surface area contributed by atoms with E-state index >= 15 is 0 Å². The van der Waals surface area contributed by atoms with Crippen molar-refractivity contribution in [2.24, 2.45) is 5.92 Å². The van der Waals surface area contributed by atoms with Crippen LogP contribution in [0.2, 0.25) is 0 Å². The molecule has 0 spiro atoms. The first-order chi connectivity index (χ1) is 9.79. The van der Waals surface area contributed by atoms with Gasteiger partial charge >= 0.3 is 0 Å². The summed E-state index contributed by atoms with van der Waals surface area (Å²) in [4.78, 5) is 16.9. The number of nitrogens with zero attached hydrogens (tertiary/aromatic N) is 2. The summed E-state index contributed by atoms with van der Waals surface area (Å²) in [5.74, 6) is 0.899. The Labute approximate surface area is 122 Å². The summed E-state index contributed by atoms with van der Waals surface area (Å²) < 4.78 is 5.13. The van der Waals surface area contributed by atoms with Gasteiger partial charge in [0.25, 0.3) is 0 Å². The summed E-state index contributed by atoms with van der Waals surface area (Å²) in [7, 11) is 1.74. The van der Waals surface area contributed by atoms with Crippen LogP contribution < -0.4 is 5.32 Å². The third kappa shape index (κ3) is 5.04. The summed E-state index contributed by atoms with van der Waals surface area (Å²) in [6.07, 6.45) is 4.22. The number of nitrogens with one attached hydrogen (secondary N) is 1. The number of ether oxygens (including phenoxy) is 1. The highest BCUT2D eigenvalue weighted by atomic mass is 16.5. The monoisotopic (exact) mass is 283 g/mol. The Morgan fingerprint density at radius 2 is 2.15 bits per heavy atom. The molecule has 0 aromatic carbocycles. The lowest BCUT2D eigenvalue weighted by Gasteiger charge is -2.26. The van der Waals surface area contributed by atoms with Gasteiger partial charge in [0.2, 0.25) is 5.91 Å².